The van der Waals surface area contributed by atoms with Crippen molar-refractivity contribution in [2.45, 2.75) is 0 Å². The van der Waals surface area contributed by atoms with Gasteiger partial charge in [-0.1, -0.05) is 0 Å². The summed E-state index contributed by atoms with van der Waals surface area (Å²) in [6.45, 7) is -0.167. The molecule has 0 heterocycles. The second-order valence-corrected chi connectivity index (χ2v) is 3.40. The lowest BCUT2D eigenvalue weighted by Gasteiger charge is -2.16. The summed E-state index contributed by atoms with van der Waals surface area (Å²) in [5.41, 5.74) is 0.0111. The monoisotopic (exact) mass is 256 g/mol. The van der Waals surface area contributed by atoms with Crippen molar-refractivity contribution in [1.29, 1.82) is 0 Å². The maximum Gasteiger partial charge on any atom is 0.204 e. The molecule has 100 valence electrons. The van der Waals surface area contributed by atoms with Gasteiger partial charge in [0.2, 0.25) is 5.75 Å². The molecular weight excluding hydrogens is 240 g/mol. The van der Waals surface area contributed by atoms with Crippen LogP contribution in [0, 0.1) is 0 Å². The van der Waals surface area contributed by atoms with Crippen LogP contribution >= 0.6 is 0 Å². The molecule has 18 heavy (non-hydrogen) atoms. The Labute approximate surface area is 105 Å². The minimum Gasteiger partial charge on any atom is -0.507 e. The van der Waals surface area contributed by atoms with Gasteiger partial charge in [0, 0.05) is 13.2 Å². The van der Waals surface area contributed by atoms with E-state index in [0.29, 0.717) is 0 Å². The van der Waals surface area contributed by atoms with Crippen molar-refractivity contribution in [3.63, 3.8) is 0 Å². The number of carbonyl (C=O) groups excluding carboxylic acids is 1. The lowest BCUT2D eigenvalue weighted by Crippen LogP contribution is -2.10. The van der Waals surface area contributed by atoms with Crippen molar-refractivity contribution in [3.05, 3.63) is 11.6 Å². The number of aromatic hydroxyl groups is 1. The summed E-state index contributed by atoms with van der Waals surface area (Å²) in [4.78, 5) is 11.9. The van der Waals surface area contributed by atoms with Gasteiger partial charge in [-0.2, -0.15) is 0 Å². The first-order valence-corrected chi connectivity index (χ1v) is 5.14. The van der Waals surface area contributed by atoms with Gasteiger partial charge in [0.1, 0.15) is 17.9 Å². The molecule has 0 fully saturated rings. The van der Waals surface area contributed by atoms with Crippen LogP contribution in [0.1, 0.15) is 10.4 Å². The highest BCUT2D eigenvalue weighted by Gasteiger charge is 2.25. The van der Waals surface area contributed by atoms with Crippen molar-refractivity contribution >= 4 is 5.78 Å². The number of carbonyl (C=O) groups is 1. The van der Waals surface area contributed by atoms with E-state index in [2.05, 4.69) is 0 Å². The molecule has 0 atom stereocenters. The van der Waals surface area contributed by atoms with Crippen LogP contribution < -0.4 is 14.2 Å². The van der Waals surface area contributed by atoms with Crippen molar-refractivity contribution < 1.29 is 28.8 Å². The summed E-state index contributed by atoms with van der Waals surface area (Å²) in [6, 6.07) is 1.30. The highest BCUT2D eigenvalue weighted by atomic mass is 16.5. The fourth-order valence-corrected chi connectivity index (χ4v) is 1.62. The Bertz CT molecular complexity index is 441. The third-order valence-corrected chi connectivity index (χ3v) is 2.36. The van der Waals surface area contributed by atoms with E-state index in [0.717, 1.165) is 0 Å². The van der Waals surface area contributed by atoms with E-state index < -0.39 is 5.78 Å². The van der Waals surface area contributed by atoms with Gasteiger partial charge >= 0.3 is 0 Å². The highest BCUT2D eigenvalue weighted by molar-refractivity contribution is 6.03. The molecule has 1 aromatic carbocycles. The van der Waals surface area contributed by atoms with Crippen LogP contribution in [0.25, 0.3) is 0 Å². The smallest absolute Gasteiger partial charge is 0.204 e. The van der Waals surface area contributed by atoms with Crippen LogP contribution in [-0.4, -0.2) is 45.9 Å². The molecule has 0 aromatic heterocycles. The number of hydrogen-bond acceptors (Lipinski definition) is 6. The van der Waals surface area contributed by atoms with E-state index >= 15 is 0 Å². The van der Waals surface area contributed by atoms with Crippen molar-refractivity contribution in [1.82, 2.24) is 0 Å². The van der Waals surface area contributed by atoms with Crippen LogP contribution in [0.2, 0.25) is 0 Å². The molecule has 6 nitrogen and oxygen atoms in total. The maximum atomic E-state index is 11.9. The molecule has 1 N–H and O–H groups in total. The van der Waals surface area contributed by atoms with Crippen LogP contribution in [0.5, 0.6) is 23.0 Å². The Morgan fingerprint density at radius 2 is 1.72 bits per heavy atom. The van der Waals surface area contributed by atoms with Crippen molar-refractivity contribution in [2.24, 2.45) is 0 Å². The Morgan fingerprint density at radius 3 is 2.17 bits per heavy atom. The van der Waals surface area contributed by atoms with E-state index in [1.54, 1.807) is 0 Å². The predicted molar refractivity (Wildman–Crippen MR) is 64.0 cm³/mol. The summed E-state index contributed by atoms with van der Waals surface area (Å²) in [7, 11) is 5.61. The molecule has 0 aliphatic rings. The molecular formula is C12H16O6. The molecule has 1 rings (SSSR count). The molecule has 0 bridgehead atoms. The van der Waals surface area contributed by atoms with E-state index in [9.17, 15) is 9.90 Å². The average molecular weight is 256 g/mol. The van der Waals surface area contributed by atoms with Crippen molar-refractivity contribution in [2.75, 3.05) is 35.0 Å². The number of phenols is 1. The minimum absolute atomic E-state index is 0.0111. The number of phenolic OH excluding ortho intramolecular Hbond substituents is 1. The normalized spacial score (nSPS) is 10.0. The molecule has 0 amide bonds. The van der Waals surface area contributed by atoms with E-state index in [1.165, 1.54) is 34.5 Å². The summed E-state index contributed by atoms with van der Waals surface area (Å²) < 4.78 is 20.0. The van der Waals surface area contributed by atoms with Crippen LogP contribution in [0.3, 0.4) is 0 Å². The van der Waals surface area contributed by atoms with Gasteiger partial charge in [-0.05, 0) is 0 Å². The lowest BCUT2D eigenvalue weighted by molar-refractivity contribution is 0.0841. The summed E-state index contributed by atoms with van der Waals surface area (Å²) in [6.07, 6.45) is 0. The van der Waals surface area contributed by atoms with Crippen LogP contribution in [0.4, 0.5) is 0 Å². The first-order valence-electron chi connectivity index (χ1n) is 5.14. The Kier molecular flexibility index (Phi) is 4.79. The van der Waals surface area contributed by atoms with Gasteiger partial charge in [-0.3, -0.25) is 4.79 Å². The van der Waals surface area contributed by atoms with E-state index in [4.69, 9.17) is 18.9 Å². The van der Waals surface area contributed by atoms with Crippen molar-refractivity contribution in [3.8, 4) is 23.0 Å². The predicted octanol–water partition coefficient (Wildman–Crippen LogP) is 1.25. The zero-order chi connectivity index (χ0) is 13.7. The number of rotatable bonds is 6. The number of Topliss-reactive ketones (excluding diaryl/α,β-unsaturated/α-hetero) is 1. The second kappa shape index (κ2) is 6.11. The topological polar surface area (TPSA) is 74.2 Å². The standard InChI is InChI=1S/C12H16O6/c1-15-6-8(14)10-7(13)5-9(16-2)11(17-3)12(10)18-4/h5,13H,6H2,1-4H3. The fourth-order valence-electron chi connectivity index (χ4n) is 1.62. The van der Waals surface area contributed by atoms with E-state index in [1.807, 2.05) is 0 Å². The minimum atomic E-state index is -0.409. The van der Waals surface area contributed by atoms with Gasteiger partial charge in [0.15, 0.2) is 17.3 Å². The molecule has 0 aliphatic carbocycles. The summed E-state index contributed by atoms with van der Waals surface area (Å²) in [5.74, 6) is -0.00572. The largest absolute Gasteiger partial charge is 0.507 e. The zero-order valence-electron chi connectivity index (χ0n) is 10.8. The second-order valence-electron chi connectivity index (χ2n) is 3.40. The third kappa shape index (κ3) is 2.48. The molecule has 0 unspecified atom stereocenters. The third-order valence-electron chi connectivity index (χ3n) is 2.36. The number of methoxy groups -OCH3 is 4. The highest BCUT2D eigenvalue weighted by Crippen LogP contribution is 2.44. The number of ether oxygens (including phenoxy) is 4. The van der Waals surface area contributed by atoms with Gasteiger partial charge in [0.25, 0.3) is 0 Å². The van der Waals surface area contributed by atoms with Gasteiger partial charge in [0.05, 0.1) is 21.3 Å². The fraction of sp³-hybridized carbons (Fsp3) is 0.417. The Balaban J connectivity index is 3.45. The molecule has 0 spiro atoms. The molecule has 1 aromatic rings. The first-order chi connectivity index (χ1) is 8.60. The molecule has 0 saturated heterocycles. The van der Waals surface area contributed by atoms with Gasteiger partial charge in [-0.15, -0.1) is 0 Å². The summed E-state index contributed by atoms with van der Waals surface area (Å²) in [5, 5.41) is 9.86. The first kappa shape index (κ1) is 14.1. The number of hydrogen-bond donors (Lipinski definition) is 1. The zero-order valence-corrected chi connectivity index (χ0v) is 10.8. The number of ketones is 1. The maximum absolute atomic E-state index is 11.9. The molecule has 0 saturated carbocycles. The van der Waals surface area contributed by atoms with Gasteiger partial charge < -0.3 is 24.1 Å². The summed E-state index contributed by atoms with van der Waals surface area (Å²) >= 11 is 0. The Hall–Kier alpha value is -1.95. The van der Waals surface area contributed by atoms with Crippen LogP contribution in [-0.2, 0) is 4.74 Å². The number of benzene rings is 1. The SMILES string of the molecule is COCC(=O)c1c(O)cc(OC)c(OC)c1OC. The quantitative estimate of drug-likeness (QED) is 0.772. The lowest BCUT2D eigenvalue weighted by atomic mass is 10.1. The average Bonchev–Trinajstić information content (AvgIpc) is 2.37. The molecule has 6 heteroatoms. The van der Waals surface area contributed by atoms with E-state index in [-0.39, 0.29) is 35.2 Å². The van der Waals surface area contributed by atoms with Crippen LogP contribution in [0.15, 0.2) is 6.07 Å². The molecule has 0 aliphatic heterocycles. The van der Waals surface area contributed by atoms with Gasteiger partial charge in [-0.25, -0.2) is 0 Å². The molecule has 0 radical (unpaired) electrons. The Morgan fingerprint density at radius 1 is 1.11 bits per heavy atom.